The van der Waals surface area contributed by atoms with Crippen LogP contribution >= 0.6 is 0 Å². The predicted molar refractivity (Wildman–Crippen MR) is 68.4 cm³/mol. The van der Waals surface area contributed by atoms with E-state index in [2.05, 4.69) is 0 Å². The van der Waals surface area contributed by atoms with Gasteiger partial charge in [0.25, 0.3) is 0 Å². The highest BCUT2D eigenvalue weighted by Crippen LogP contribution is 2.12. The van der Waals surface area contributed by atoms with Crippen molar-refractivity contribution >= 4 is 0 Å². The zero-order chi connectivity index (χ0) is 12.7. The Bertz CT molecular complexity index is 311. The number of ether oxygens (including phenoxy) is 1. The van der Waals surface area contributed by atoms with Crippen molar-refractivity contribution in [2.45, 2.75) is 32.8 Å². The van der Waals surface area contributed by atoms with Gasteiger partial charge >= 0.3 is 0 Å². The third kappa shape index (κ3) is 5.80. The summed E-state index contributed by atoms with van der Waals surface area (Å²) in [6, 6.07) is 6.63. The quantitative estimate of drug-likeness (QED) is 0.794. The molecule has 2 nitrogen and oxygen atoms in total. The predicted octanol–water partition coefficient (Wildman–Crippen LogP) is 2.76. The Kier molecular flexibility index (Phi) is 6.16. The van der Waals surface area contributed by atoms with Crippen molar-refractivity contribution in [1.82, 2.24) is 0 Å². The first-order valence-electron chi connectivity index (χ1n) is 6.18. The maximum Gasteiger partial charge on any atom is 0.123 e. The maximum atomic E-state index is 12.8. The zero-order valence-corrected chi connectivity index (χ0v) is 10.7. The normalized spacial score (nSPS) is 13.0. The highest BCUT2D eigenvalue weighted by Gasteiger charge is 2.08. The lowest BCUT2D eigenvalue weighted by atomic mass is 9.96. The highest BCUT2D eigenvalue weighted by molar-refractivity contribution is 5.16. The van der Waals surface area contributed by atoms with Crippen molar-refractivity contribution in [3.05, 3.63) is 35.6 Å². The fourth-order valence-electron chi connectivity index (χ4n) is 1.73. The van der Waals surface area contributed by atoms with Gasteiger partial charge in [-0.3, -0.25) is 0 Å². The lowest BCUT2D eigenvalue weighted by Crippen LogP contribution is -2.19. The van der Waals surface area contributed by atoms with Gasteiger partial charge in [-0.05, 0) is 56.8 Å². The second-order valence-electron chi connectivity index (χ2n) is 4.64. The largest absolute Gasteiger partial charge is 0.379 e. The SMILES string of the molecule is CC(C)OCCC(CN)Cc1ccc(F)cc1. The van der Waals surface area contributed by atoms with E-state index in [0.29, 0.717) is 12.5 Å². The average molecular weight is 239 g/mol. The van der Waals surface area contributed by atoms with E-state index in [4.69, 9.17) is 10.5 Å². The van der Waals surface area contributed by atoms with Gasteiger partial charge in [-0.25, -0.2) is 4.39 Å². The molecule has 1 aromatic rings. The van der Waals surface area contributed by atoms with E-state index in [1.807, 2.05) is 26.0 Å². The van der Waals surface area contributed by atoms with Gasteiger partial charge in [-0.15, -0.1) is 0 Å². The highest BCUT2D eigenvalue weighted by atomic mass is 19.1. The van der Waals surface area contributed by atoms with E-state index >= 15 is 0 Å². The molecule has 0 saturated heterocycles. The Balaban J connectivity index is 2.38. The number of benzene rings is 1. The summed E-state index contributed by atoms with van der Waals surface area (Å²) in [5.74, 6) is 0.209. The molecule has 0 fully saturated rings. The lowest BCUT2D eigenvalue weighted by Gasteiger charge is -2.16. The summed E-state index contributed by atoms with van der Waals surface area (Å²) in [4.78, 5) is 0. The maximum absolute atomic E-state index is 12.8. The van der Waals surface area contributed by atoms with Gasteiger partial charge in [0.05, 0.1) is 6.10 Å². The van der Waals surface area contributed by atoms with Gasteiger partial charge in [-0.1, -0.05) is 12.1 Å². The fraction of sp³-hybridized carbons (Fsp3) is 0.571. The molecule has 3 heteroatoms. The van der Waals surface area contributed by atoms with Crippen molar-refractivity contribution < 1.29 is 9.13 Å². The standard InChI is InChI=1S/C14H22FNO/c1-11(2)17-8-7-13(10-16)9-12-3-5-14(15)6-4-12/h3-6,11,13H,7-10,16H2,1-2H3. The zero-order valence-electron chi connectivity index (χ0n) is 10.7. The van der Waals surface area contributed by atoms with Crippen LogP contribution in [-0.4, -0.2) is 19.3 Å². The molecular formula is C14H22FNO. The molecule has 0 heterocycles. The van der Waals surface area contributed by atoms with Crippen LogP contribution in [0.25, 0.3) is 0 Å². The molecule has 17 heavy (non-hydrogen) atoms. The molecule has 0 aliphatic rings. The molecule has 0 amide bonds. The minimum absolute atomic E-state index is 0.193. The van der Waals surface area contributed by atoms with Crippen molar-refractivity contribution in [2.75, 3.05) is 13.2 Å². The number of nitrogens with two attached hydrogens (primary N) is 1. The second kappa shape index (κ2) is 7.41. The molecule has 96 valence electrons. The fourth-order valence-corrected chi connectivity index (χ4v) is 1.73. The topological polar surface area (TPSA) is 35.2 Å². The molecule has 0 radical (unpaired) electrons. The summed E-state index contributed by atoms with van der Waals surface area (Å²) in [7, 11) is 0. The molecule has 0 aromatic heterocycles. The molecule has 1 aromatic carbocycles. The van der Waals surface area contributed by atoms with Crippen LogP contribution in [0.1, 0.15) is 25.8 Å². The van der Waals surface area contributed by atoms with Crippen LogP contribution in [0.2, 0.25) is 0 Å². The summed E-state index contributed by atoms with van der Waals surface area (Å²) in [5.41, 5.74) is 6.87. The minimum atomic E-state index is -0.193. The number of rotatable bonds is 7. The molecule has 2 N–H and O–H groups in total. The Hall–Kier alpha value is -0.930. The van der Waals surface area contributed by atoms with Gasteiger partial charge in [0.2, 0.25) is 0 Å². The molecule has 1 unspecified atom stereocenters. The van der Waals surface area contributed by atoms with E-state index in [0.717, 1.165) is 25.0 Å². The van der Waals surface area contributed by atoms with Gasteiger partial charge in [0.1, 0.15) is 5.82 Å². The lowest BCUT2D eigenvalue weighted by molar-refractivity contribution is 0.0690. The first-order valence-corrected chi connectivity index (χ1v) is 6.18. The van der Waals surface area contributed by atoms with Crippen LogP contribution in [0.3, 0.4) is 0 Å². The van der Waals surface area contributed by atoms with Crippen LogP contribution in [0.5, 0.6) is 0 Å². The number of hydrogen-bond acceptors (Lipinski definition) is 2. The summed E-state index contributed by atoms with van der Waals surface area (Å²) in [6.45, 7) is 5.43. The molecule has 0 aliphatic carbocycles. The Morgan fingerprint density at radius 2 is 1.88 bits per heavy atom. The van der Waals surface area contributed by atoms with Crippen LogP contribution in [0.15, 0.2) is 24.3 Å². The molecule has 1 atom stereocenters. The average Bonchev–Trinajstić information content (AvgIpc) is 2.30. The van der Waals surface area contributed by atoms with Crippen molar-refractivity contribution in [3.63, 3.8) is 0 Å². The van der Waals surface area contributed by atoms with Gasteiger partial charge in [0, 0.05) is 6.61 Å². The molecule has 0 spiro atoms. The van der Waals surface area contributed by atoms with Crippen LogP contribution < -0.4 is 5.73 Å². The van der Waals surface area contributed by atoms with E-state index in [9.17, 15) is 4.39 Å². The third-order valence-electron chi connectivity index (χ3n) is 2.75. The van der Waals surface area contributed by atoms with Gasteiger partial charge < -0.3 is 10.5 Å². The molecule has 0 aliphatic heterocycles. The van der Waals surface area contributed by atoms with Crippen molar-refractivity contribution in [3.8, 4) is 0 Å². The van der Waals surface area contributed by atoms with Crippen molar-refractivity contribution in [2.24, 2.45) is 11.7 Å². The van der Waals surface area contributed by atoms with E-state index in [1.54, 1.807) is 0 Å². The Labute approximate surface area is 103 Å². The summed E-state index contributed by atoms with van der Waals surface area (Å²) >= 11 is 0. The second-order valence-corrected chi connectivity index (χ2v) is 4.64. The molecule has 0 saturated carbocycles. The number of halogens is 1. The smallest absolute Gasteiger partial charge is 0.123 e. The van der Waals surface area contributed by atoms with Crippen molar-refractivity contribution in [1.29, 1.82) is 0 Å². The van der Waals surface area contributed by atoms with Crippen LogP contribution in [0, 0.1) is 11.7 Å². The summed E-state index contributed by atoms with van der Waals surface area (Å²) in [5, 5.41) is 0. The first kappa shape index (κ1) is 14.1. The van der Waals surface area contributed by atoms with E-state index in [-0.39, 0.29) is 11.9 Å². The Morgan fingerprint density at radius 1 is 1.24 bits per heavy atom. The summed E-state index contributed by atoms with van der Waals surface area (Å²) < 4.78 is 18.3. The van der Waals surface area contributed by atoms with Gasteiger partial charge in [-0.2, -0.15) is 0 Å². The molecular weight excluding hydrogens is 217 g/mol. The van der Waals surface area contributed by atoms with Crippen LogP contribution in [0.4, 0.5) is 4.39 Å². The number of hydrogen-bond donors (Lipinski definition) is 1. The third-order valence-corrected chi connectivity index (χ3v) is 2.75. The van der Waals surface area contributed by atoms with E-state index < -0.39 is 0 Å². The Morgan fingerprint density at radius 3 is 2.41 bits per heavy atom. The molecule has 1 rings (SSSR count). The summed E-state index contributed by atoms with van der Waals surface area (Å²) in [6.07, 6.45) is 2.10. The van der Waals surface area contributed by atoms with Gasteiger partial charge in [0.15, 0.2) is 0 Å². The first-order chi connectivity index (χ1) is 8.11. The monoisotopic (exact) mass is 239 g/mol. The van der Waals surface area contributed by atoms with Crippen LogP contribution in [-0.2, 0) is 11.2 Å². The minimum Gasteiger partial charge on any atom is -0.379 e. The molecule has 0 bridgehead atoms. The van der Waals surface area contributed by atoms with E-state index in [1.165, 1.54) is 12.1 Å².